The Bertz CT molecular complexity index is 425. The van der Waals surface area contributed by atoms with E-state index in [-0.39, 0.29) is 17.9 Å². The van der Waals surface area contributed by atoms with Crippen LogP contribution in [-0.2, 0) is 0 Å². The largest absolute Gasteiger partial charge is 0.486 e. The Morgan fingerprint density at radius 3 is 2.58 bits per heavy atom. The average molecular weight is 283 g/mol. The van der Waals surface area contributed by atoms with Crippen LogP contribution in [0.2, 0.25) is 0 Å². The third-order valence-electron chi connectivity index (χ3n) is 3.18. The van der Waals surface area contributed by atoms with Crippen LogP contribution >= 0.6 is 11.8 Å². The summed E-state index contributed by atoms with van der Waals surface area (Å²) in [7, 11) is 0. The highest BCUT2D eigenvalue weighted by Crippen LogP contribution is 2.36. The molecule has 2 atom stereocenters. The van der Waals surface area contributed by atoms with Crippen LogP contribution in [0.25, 0.3) is 0 Å². The Hall–Kier alpha value is -0.910. The lowest BCUT2D eigenvalue weighted by atomic mass is 10.0. The predicted octanol–water partition coefficient (Wildman–Crippen LogP) is 1.89. The third-order valence-corrected chi connectivity index (χ3v) is 4.47. The van der Waals surface area contributed by atoms with E-state index in [4.69, 9.17) is 15.2 Å². The molecule has 1 aromatic rings. The number of hydrogen-bond acceptors (Lipinski definition) is 5. The van der Waals surface area contributed by atoms with Gasteiger partial charge in [-0.05, 0) is 24.1 Å². The van der Waals surface area contributed by atoms with E-state index in [9.17, 15) is 5.11 Å². The second kappa shape index (κ2) is 6.50. The Morgan fingerprint density at radius 2 is 1.95 bits per heavy atom. The zero-order chi connectivity index (χ0) is 13.8. The van der Waals surface area contributed by atoms with E-state index in [0.29, 0.717) is 19.1 Å². The van der Waals surface area contributed by atoms with Crippen molar-refractivity contribution in [3.63, 3.8) is 0 Å². The van der Waals surface area contributed by atoms with Gasteiger partial charge in [-0.15, -0.1) is 11.8 Å². The molecule has 19 heavy (non-hydrogen) atoms. The fourth-order valence-electron chi connectivity index (χ4n) is 1.94. The summed E-state index contributed by atoms with van der Waals surface area (Å²) in [6.07, 6.45) is 0. The van der Waals surface area contributed by atoms with E-state index in [1.807, 2.05) is 18.2 Å². The summed E-state index contributed by atoms with van der Waals surface area (Å²) in [6, 6.07) is 5.80. The summed E-state index contributed by atoms with van der Waals surface area (Å²) in [6.45, 7) is 5.38. The molecule has 0 spiro atoms. The molecular formula is C14H21NO3S. The molecule has 1 aliphatic heterocycles. The predicted molar refractivity (Wildman–Crippen MR) is 77.0 cm³/mol. The standard InChI is InChI=1S/C14H21NO3S/c1-9(2)14(15)13(8-16)19-10-3-4-11-12(7-10)18-6-5-17-11/h3-4,7,9,13-14,16H,5-6,8,15H2,1-2H3. The van der Waals surface area contributed by atoms with Crippen LogP contribution in [0.15, 0.2) is 23.1 Å². The molecule has 1 heterocycles. The van der Waals surface area contributed by atoms with Gasteiger partial charge in [0.05, 0.1) is 6.61 Å². The lowest BCUT2D eigenvalue weighted by molar-refractivity contribution is 0.171. The van der Waals surface area contributed by atoms with Crippen molar-refractivity contribution in [1.29, 1.82) is 0 Å². The fraction of sp³-hybridized carbons (Fsp3) is 0.571. The van der Waals surface area contributed by atoms with Gasteiger partial charge in [0.25, 0.3) is 0 Å². The molecule has 0 amide bonds. The Kier molecular flexibility index (Phi) is 4.96. The molecule has 0 saturated carbocycles. The molecule has 2 unspecified atom stereocenters. The number of benzene rings is 1. The molecule has 3 N–H and O–H groups in total. The molecule has 0 aromatic heterocycles. The van der Waals surface area contributed by atoms with Gasteiger partial charge in [-0.1, -0.05) is 13.8 Å². The minimum absolute atomic E-state index is 0.0115. The molecule has 1 aliphatic rings. The number of fused-ring (bicyclic) bond motifs is 1. The van der Waals surface area contributed by atoms with E-state index in [1.54, 1.807) is 11.8 Å². The maximum Gasteiger partial charge on any atom is 0.162 e. The van der Waals surface area contributed by atoms with Crippen LogP contribution in [0, 0.1) is 5.92 Å². The molecule has 1 aromatic carbocycles. The van der Waals surface area contributed by atoms with Crippen molar-refractivity contribution >= 4 is 11.8 Å². The van der Waals surface area contributed by atoms with Gasteiger partial charge in [-0.25, -0.2) is 0 Å². The number of ether oxygens (including phenoxy) is 2. The summed E-state index contributed by atoms with van der Waals surface area (Å²) >= 11 is 1.59. The van der Waals surface area contributed by atoms with Crippen LogP contribution in [0.3, 0.4) is 0 Å². The number of thioether (sulfide) groups is 1. The number of aliphatic hydroxyl groups is 1. The van der Waals surface area contributed by atoms with E-state index in [1.165, 1.54) is 0 Å². The summed E-state index contributed by atoms with van der Waals surface area (Å²) in [5.74, 6) is 1.89. The number of aliphatic hydroxyl groups excluding tert-OH is 1. The lowest BCUT2D eigenvalue weighted by Gasteiger charge is -2.25. The number of nitrogens with two attached hydrogens (primary N) is 1. The van der Waals surface area contributed by atoms with Crippen LogP contribution in [-0.4, -0.2) is 36.2 Å². The topological polar surface area (TPSA) is 64.7 Å². The molecular weight excluding hydrogens is 262 g/mol. The maximum atomic E-state index is 9.49. The highest BCUT2D eigenvalue weighted by atomic mass is 32.2. The summed E-state index contributed by atoms with van der Waals surface area (Å²) in [5.41, 5.74) is 6.12. The van der Waals surface area contributed by atoms with Crippen molar-refractivity contribution in [1.82, 2.24) is 0 Å². The van der Waals surface area contributed by atoms with Gasteiger partial charge < -0.3 is 20.3 Å². The average Bonchev–Trinajstić information content (AvgIpc) is 2.43. The number of hydrogen-bond donors (Lipinski definition) is 2. The van der Waals surface area contributed by atoms with E-state index in [0.717, 1.165) is 16.4 Å². The first-order valence-corrected chi connectivity index (χ1v) is 7.42. The molecule has 0 fully saturated rings. The van der Waals surface area contributed by atoms with Crippen molar-refractivity contribution in [2.45, 2.75) is 30.0 Å². The van der Waals surface area contributed by atoms with Gasteiger partial charge in [0.15, 0.2) is 11.5 Å². The summed E-state index contributed by atoms with van der Waals surface area (Å²) in [4.78, 5) is 1.04. The van der Waals surface area contributed by atoms with Crippen molar-refractivity contribution in [3.8, 4) is 11.5 Å². The smallest absolute Gasteiger partial charge is 0.162 e. The molecule has 4 nitrogen and oxygen atoms in total. The quantitative estimate of drug-likeness (QED) is 0.808. The van der Waals surface area contributed by atoms with Crippen LogP contribution < -0.4 is 15.2 Å². The highest BCUT2D eigenvalue weighted by molar-refractivity contribution is 8.00. The highest BCUT2D eigenvalue weighted by Gasteiger charge is 2.22. The third kappa shape index (κ3) is 3.55. The zero-order valence-electron chi connectivity index (χ0n) is 11.3. The Morgan fingerprint density at radius 1 is 1.26 bits per heavy atom. The Balaban J connectivity index is 2.09. The normalized spacial score (nSPS) is 17.3. The molecule has 0 saturated heterocycles. The van der Waals surface area contributed by atoms with Crippen molar-refractivity contribution < 1.29 is 14.6 Å². The molecule has 0 aliphatic carbocycles. The Labute approximate surface area is 118 Å². The molecule has 5 heteroatoms. The van der Waals surface area contributed by atoms with E-state index >= 15 is 0 Å². The van der Waals surface area contributed by atoms with Crippen molar-refractivity contribution in [2.24, 2.45) is 11.7 Å². The fourth-order valence-corrected chi connectivity index (χ4v) is 3.16. The first kappa shape index (κ1) is 14.5. The van der Waals surface area contributed by atoms with Gasteiger partial charge >= 0.3 is 0 Å². The molecule has 106 valence electrons. The summed E-state index contributed by atoms with van der Waals surface area (Å²) < 4.78 is 11.0. The first-order valence-electron chi connectivity index (χ1n) is 6.54. The molecule has 0 bridgehead atoms. The van der Waals surface area contributed by atoms with Crippen LogP contribution in [0.4, 0.5) is 0 Å². The maximum absolute atomic E-state index is 9.49. The second-order valence-electron chi connectivity index (χ2n) is 4.97. The minimum atomic E-state index is -0.0387. The monoisotopic (exact) mass is 283 g/mol. The lowest BCUT2D eigenvalue weighted by Crippen LogP contribution is -2.39. The summed E-state index contributed by atoms with van der Waals surface area (Å²) in [5, 5.41) is 9.48. The van der Waals surface area contributed by atoms with Gasteiger partial charge in [0.2, 0.25) is 0 Å². The SMILES string of the molecule is CC(C)C(N)C(CO)Sc1ccc2c(c1)OCCO2. The molecule has 2 rings (SSSR count). The van der Waals surface area contributed by atoms with Crippen molar-refractivity contribution in [2.75, 3.05) is 19.8 Å². The van der Waals surface area contributed by atoms with Gasteiger partial charge in [-0.2, -0.15) is 0 Å². The van der Waals surface area contributed by atoms with Crippen molar-refractivity contribution in [3.05, 3.63) is 18.2 Å². The van der Waals surface area contributed by atoms with E-state index < -0.39 is 0 Å². The van der Waals surface area contributed by atoms with E-state index in [2.05, 4.69) is 13.8 Å². The first-order chi connectivity index (χ1) is 9.11. The second-order valence-corrected chi connectivity index (χ2v) is 6.28. The van der Waals surface area contributed by atoms with Gasteiger partial charge in [-0.3, -0.25) is 0 Å². The van der Waals surface area contributed by atoms with Gasteiger partial charge in [0, 0.05) is 16.2 Å². The minimum Gasteiger partial charge on any atom is -0.486 e. The molecule has 0 radical (unpaired) electrons. The van der Waals surface area contributed by atoms with Crippen LogP contribution in [0.1, 0.15) is 13.8 Å². The number of rotatable bonds is 5. The van der Waals surface area contributed by atoms with Crippen LogP contribution in [0.5, 0.6) is 11.5 Å². The zero-order valence-corrected chi connectivity index (χ0v) is 12.2. The van der Waals surface area contributed by atoms with Gasteiger partial charge in [0.1, 0.15) is 13.2 Å².